The molecule has 3 aromatic carbocycles. The molecule has 3 rings (SSSR count). The molecule has 0 aliphatic rings. The van der Waals surface area contributed by atoms with E-state index in [9.17, 15) is 27.6 Å². The number of ether oxygens (including phenoxy) is 2. The molecule has 0 saturated heterocycles. The van der Waals surface area contributed by atoms with E-state index in [-0.39, 0.29) is 23.7 Å². The van der Waals surface area contributed by atoms with Crippen molar-refractivity contribution in [2.45, 2.75) is 32.5 Å². The number of alkyl halides is 3. The minimum atomic E-state index is -4.54. The summed E-state index contributed by atoms with van der Waals surface area (Å²) in [4.78, 5) is 36.3. The molecule has 12 heteroatoms. The van der Waals surface area contributed by atoms with E-state index in [1.807, 2.05) is 24.3 Å². The first-order valence-corrected chi connectivity index (χ1v) is 12.4. The van der Waals surface area contributed by atoms with E-state index in [0.717, 1.165) is 17.7 Å². The van der Waals surface area contributed by atoms with Gasteiger partial charge in [-0.2, -0.15) is 18.3 Å². The van der Waals surface area contributed by atoms with Gasteiger partial charge < -0.3 is 20.1 Å². The third kappa shape index (κ3) is 9.38. The Bertz CT molecular complexity index is 1410. The van der Waals surface area contributed by atoms with Crippen molar-refractivity contribution in [2.75, 3.05) is 19.0 Å². The van der Waals surface area contributed by atoms with Gasteiger partial charge in [0.05, 0.1) is 18.9 Å². The van der Waals surface area contributed by atoms with Crippen LogP contribution in [0, 0.1) is 0 Å². The SMILES string of the molecule is COc1cc(/C=N\NC(=O)C(=O)NCc2ccc(C(C)C)cc2)ccc1OCC(=O)Nc1cccc(C(F)(F)F)c1. The van der Waals surface area contributed by atoms with Gasteiger partial charge in [0, 0.05) is 12.2 Å². The maximum atomic E-state index is 12.9. The largest absolute Gasteiger partial charge is 0.493 e. The lowest BCUT2D eigenvalue weighted by atomic mass is 10.0. The number of rotatable bonds is 10. The number of nitrogens with zero attached hydrogens (tertiary/aromatic N) is 1. The second kappa shape index (κ2) is 14.0. The number of hydrogen-bond acceptors (Lipinski definition) is 6. The third-order valence-corrected chi connectivity index (χ3v) is 5.71. The Morgan fingerprint density at radius 1 is 0.951 bits per heavy atom. The number of halogens is 3. The van der Waals surface area contributed by atoms with Gasteiger partial charge in [0.15, 0.2) is 18.1 Å². The molecule has 3 aromatic rings. The van der Waals surface area contributed by atoms with Gasteiger partial charge in [-0.15, -0.1) is 0 Å². The summed E-state index contributed by atoms with van der Waals surface area (Å²) < 4.78 is 49.3. The first-order chi connectivity index (χ1) is 19.5. The van der Waals surface area contributed by atoms with Gasteiger partial charge in [-0.3, -0.25) is 14.4 Å². The minimum Gasteiger partial charge on any atom is -0.493 e. The van der Waals surface area contributed by atoms with E-state index in [4.69, 9.17) is 9.47 Å². The van der Waals surface area contributed by atoms with Crippen molar-refractivity contribution >= 4 is 29.6 Å². The van der Waals surface area contributed by atoms with Crippen LogP contribution in [0.15, 0.2) is 71.8 Å². The second-order valence-electron chi connectivity index (χ2n) is 9.10. The zero-order valence-electron chi connectivity index (χ0n) is 22.5. The number of nitrogens with one attached hydrogen (secondary N) is 3. The van der Waals surface area contributed by atoms with Crippen LogP contribution in [-0.4, -0.2) is 37.7 Å². The van der Waals surface area contributed by atoms with Crippen molar-refractivity contribution in [3.8, 4) is 11.5 Å². The van der Waals surface area contributed by atoms with Gasteiger partial charge >= 0.3 is 18.0 Å². The summed E-state index contributed by atoms with van der Waals surface area (Å²) >= 11 is 0. The number of benzene rings is 3. The summed E-state index contributed by atoms with van der Waals surface area (Å²) in [5, 5.41) is 8.65. The van der Waals surface area contributed by atoms with Gasteiger partial charge in [0.25, 0.3) is 5.91 Å². The molecular formula is C29H29F3N4O5. The lowest BCUT2D eigenvalue weighted by molar-refractivity contribution is -0.139. The molecule has 0 aliphatic heterocycles. The standard InChI is InChI=1S/C29H29F3N4O5/c1-18(2)21-10-7-19(8-11-21)15-33-27(38)28(39)36-34-16-20-9-12-24(25(13-20)40-3)41-17-26(37)35-23-6-4-5-22(14-23)29(30,31)32/h4-14,16,18H,15,17H2,1-3H3,(H,33,38)(H,35,37)(H,36,39)/b34-16-. The van der Waals surface area contributed by atoms with E-state index < -0.39 is 36.1 Å². The predicted octanol–water partition coefficient (Wildman–Crippen LogP) is 4.62. The van der Waals surface area contributed by atoms with Gasteiger partial charge in [-0.25, -0.2) is 5.43 Å². The number of anilines is 1. The van der Waals surface area contributed by atoms with E-state index in [1.54, 1.807) is 6.07 Å². The highest BCUT2D eigenvalue weighted by molar-refractivity contribution is 6.35. The maximum absolute atomic E-state index is 12.9. The minimum absolute atomic E-state index is 0.0250. The third-order valence-electron chi connectivity index (χ3n) is 5.71. The van der Waals surface area contributed by atoms with Crippen molar-refractivity contribution in [3.63, 3.8) is 0 Å². The van der Waals surface area contributed by atoms with Crippen LogP contribution in [0.5, 0.6) is 11.5 Å². The Morgan fingerprint density at radius 2 is 1.68 bits per heavy atom. The zero-order chi connectivity index (χ0) is 30.0. The molecule has 0 unspecified atom stereocenters. The van der Waals surface area contributed by atoms with Crippen LogP contribution in [0.1, 0.15) is 42.0 Å². The average Bonchev–Trinajstić information content (AvgIpc) is 2.94. The number of hydrogen-bond donors (Lipinski definition) is 3. The molecule has 9 nitrogen and oxygen atoms in total. The Hall–Kier alpha value is -4.87. The monoisotopic (exact) mass is 570 g/mol. The molecule has 0 spiro atoms. The van der Waals surface area contributed by atoms with Crippen molar-refractivity contribution in [1.29, 1.82) is 0 Å². The van der Waals surface area contributed by atoms with Gasteiger partial charge in [0.2, 0.25) is 0 Å². The predicted molar refractivity (Wildman–Crippen MR) is 147 cm³/mol. The summed E-state index contributed by atoms with van der Waals surface area (Å²) in [7, 11) is 1.37. The maximum Gasteiger partial charge on any atom is 0.416 e. The molecule has 0 heterocycles. The van der Waals surface area contributed by atoms with Crippen LogP contribution in [-0.2, 0) is 27.1 Å². The molecule has 0 radical (unpaired) electrons. The topological polar surface area (TPSA) is 118 Å². The number of carbonyl (C=O) groups excluding carboxylic acids is 3. The summed E-state index contributed by atoms with van der Waals surface area (Å²) in [6.45, 7) is 3.85. The van der Waals surface area contributed by atoms with Crippen LogP contribution < -0.4 is 25.5 Å². The zero-order valence-corrected chi connectivity index (χ0v) is 22.5. The number of amides is 3. The molecule has 0 aromatic heterocycles. The average molecular weight is 571 g/mol. The normalized spacial score (nSPS) is 11.3. The summed E-state index contributed by atoms with van der Waals surface area (Å²) in [5.74, 6) is -1.66. The molecule has 3 N–H and O–H groups in total. The van der Waals surface area contributed by atoms with Crippen LogP contribution in [0.25, 0.3) is 0 Å². The van der Waals surface area contributed by atoms with Crippen molar-refractivity contribution in [2.24, 2.45) is 5.10 Å². The fourth-order valence-electron chi connectivity index (χ4n) is 3.50. The Labute approximate surface area is 234 Å². The molecule has 216 valence electrons. The first-order valence-electron chi connectivity index (χ1n) is 12.4. The van der Waals surface area contributed by atoms with E-state index in [2.05, 4.69) is 35.0 Å². The Morgan fingerprint density at radius 3 is 2.34 bits per heavy atom. The van der Waals surface area contributed by atoms with E-state index >= 15 is 0 Å². The summed E-state index contributed by atoms with van der Waals surface area (Å²) in [6, 6.07) is 16.5. The molecule has 0 aliphatic carbocycles. The molecular weight excluding hydrogens is 541 g/mol. The Balaban J connectivity index is 1.49. The fourth-order valence-corrected chi connectivity index (χ4v) is 3.50. The quantitative estimate of drug-likeness (QED) is 0.187. The van der Waals surface area contributed by atoms with Gasteiger partial charge in [-0.05, 0) is 59.0 Å². The molecule has 0 saturated carbocycles. The smallest absolute Gasteiger partial charge is 0.416 e. The highest BCUT2D eigenvalue weighted by Crippen LogP contribution is 2.31. The van der Waals surface area contributed by atoms with Gasteiger partial charge in [0.1, 0.15) is 0 Å². The van der Waals surface area contributed by atoms with Crippen molar-refractivity contribution in [1.82, 2.24) is 10.7 Å². The molecule has 0 bridgehead atoms. The van der Waals surface area contributed by atoms with Crippen molar-refractivity contribution in [3.05, 3.63) is 89.0 Å². The molecule has 0 atom stereocenters. The number of methoxy groups -OCH3 is 1. The number of carbonyl (C=O) groups is 3. The van der Waals surface area contributed by atoms with Gasteiger partial charge in [-0.1, -0.05) is 44.2 Å². The Kier molecular flexibility index (Phi) is 10.4. The molecule has 3 amide bonds. The summed E-state index contributed by atoms with van der Waals surface area (Å²) in [5.41, 5.74) is 3.73. The highest BCUT2D eigenvalue weighted by atomic mass is 19.4. The van der Waals surface area contributed by atoms with E-state index in [0.29, 0.717) is 11.5 Å². The van der Waals surface area contributed by atoms with Crippen LogP contribution in [0.3, 0.4) is 0 Å². The first kappa shape index (κ1) is 30.7. The number of hydrazone groups is 1. The highest BCUT2D eigenvalue weighted by Gasteiger charge is 2.30. The lowest BCUT2D eigenvalue weighted by Gasteiger charge is -2.12. The lowest BCUT2D eigenvalue weighted by Crippen LogP contribution is -2.37. The van der Waals surface area contributed by atoms with Crippen LogP contribution in [0.2, 0.25) is 0 Å². The molecule has 41 heavy (non-hydrogen) atoms. The molecule has 0 fully saturated rings. The second-order valence-corrected chi connectivity index (χ2v) is 9.10. The fraction of sp³-hybridized carbons (Fsp3) is 0.241. The van der Waals surface area contributed by atoms with Crippen molar-refractivity contribution < 1.29 is 37.0 Å². The van der Waals surface area contributed by atoms with Crippen LogP contribution >= 0.6 is 0 Å². The van der Waals surface area contributed by atoms with E-state index in [1.165, 1.54) is 43.2 Å². The van der Waals surface area contributed by atoms with Crippen LogP contribution in [0.4, 0.5) is 18.9 Å². The summed E-state index contributed by atoms with van der Waals surface area (Å²) in [6.07, 6.45) is -3.26.